The number of hydrogen-bond acceptors (Lipinski definition) is 4. The van der Waals surface area contributed by atoms with Crippen LogP contribution in [0.3, 0.4) is 0 Å². The number of oxime groups is 1. The molecule has 0 saturated carbocycles. The molecule has 0 aliphatic heterocycles. The van der Waals surface area contributed by atoms with Gasteiger partial charge in [-0.15, -0.1) is 0 Å². The van der Waals surface area contributed by atoms with E-state index in [2.05, 4.69) is 57.6 Å². The fraction of sp³-hybridized carbons (Fsp3) is 0.115. The second-order valence-electron chi connectivity index (χ2n) is 7.26. The number of nitrogens with zero attached hydrogens (tertiary/aromatic N) is 3. The molecule has 0 fully saturated rings. The first-order valence-electron chi connectivity index (χ1n) is 9.94. The molecule has 4 rings (SSSR count). The topological polar surface area (TPSA) is 58.4 Å². The summed E-state index contributed by atoms with van der Waals surface area (Å²) in [5.41, 5.74) is 7.08. The number of aryl methyl sites for hydroxylation is 1. The van der Waals surface area contributed by atoms with E-state index < -0.39 is 0 Å². The van der Waals surface area contributed by atoms with Crippen molar-refractivity contribution < 1.29 is 5.21 Å². The molecule has 1 atom stereocenters. The standard InChI is InChI=1S/C26H23N3O/c1-19-7-8-24(18-28-19)20-9-11-22(12-10-20)25(21-5-3-2-4-6-21)17-26(29-30)23-13-15-27-16-14-23/h2-16,18,25,30H,17H2,1H3/b29-26+. The van der Waals surface area contributed by atoms with Crippen LogP contribution in [-0.2, 0) is 0 Å². The summed E-state index contributed by atoms with van der Waals surface area (Å²) in [7, 11) is 0. The molecule has 0 spiro atoms. The van der Waals surface area contributed by atoms with Crippen LogP contribution in [0.2, 0.25) is 0 Å². The highest BCUT2D eigenvalue weighted by Crippen LogP contribution is 2.31. The summed E-state index contributed by atoms with van der Waals surface area (Å²) >= 11 is 0. The fourth-order valence-corrected chi connectivity index (χ4v) is 3.61. The van der Waals surface area contributed by atoms with Crippen LogP contribution >= 0.6 is 0 Å². The molecular weight excluding hydrogens is 370 g/mol. The molecule has 0 bridgehead atoms. The molecule has 4 nitrogen and oxygen atoms in total. The van der Waals surface area contributed by atoms with Gasteiger partial charge in [0.1, 0.15) is 0 Å². The van der Waals surface area contributed by atoms with E-state index in [-0.39, 0.29) is 5.92 Å². The second kappa shape index (κ2) is 9.14. The molecule has 4 heteroatoms. The van der Waals surface area contributed by atoms with Crippen molar-refractivity contribution in [2.24, 2.45) is 5.16 Å². The lowest BCUT2D eigenvalue weighted by Gasteiger charge is -2.19. The Labute approximate surface area is 176 Å². The molecule has 2 aromatic heterocycles. The predicted octanol–water partition coefficient (Wildman–Crippen LogP) is 5.85. The lowest BCUT2D eigenvalue weighted by molar-refractivity contribution is 0.317. The van der Waals surface area contributed by atoms with E-state index in [1.807, 2.05) is 49.5 Å². The van der Waals surface area contributed by atoms with E-state index in [0.29, 0.717) is 12.1 Å². The minimum absolute atomic E-state index is 0.0652. The summed E-state index contributed by atoms with van der Waals surface area (Å²) < 4.78 is 0. The maximum atomic E-state index is 9.70. The van der Waals surface area contributed by atoms with Crippen LogP contribution < -0.4 is 0 Å². The van der Waals surface area contributed by atoms with Gasteiger partial charge in [-0.1, -0.05) is 65.8 Å². The summed E-state index contributed by atoms with van der Waals surface area (Å²) in [6.45, 7) is 1.99. The molecule has 0 aliphatic rings. The minimum Gasteiger partial charge on any atom is -0.411 e. The van der Waals surface area contributed by atoms with Crippen molar-refractivity contribution in [3.63, 3.8) is 0 Å². The van der Waals surface area contributed by atoms with Gasteiger partial charge in [0, 0.05) is 47.8 Å². The normalized spacial score (nSPS) is 12.5. The van der Waals surface area contributed by atoms with Gasteiger partial charge in [-0.25, -0.2) is 0 Å². The average molecular weight is 393 g/mol. The average Bonchev–Trinajstić information content (AvgIpc) is 2.82. The number of aromatic nitrogens is 2. The Morgan fingerprint density at radius 2 is 1.50 bits per heavy atom. The third-order valence-corrected chi connectivity index (χ3v) is 5.29. The SMILES string of the molecule is Cc1ccc(-c2ccc(C(C/C(=N\O)c3ccncc3)c3ccccc3)cc2)cn1. The Kier molecular flexibility index (Phi) is 5.95. The van der Waals surface area contributed by atoms with Crippen molar-refractivity contribution in [2.45, 2.75) is 19.3 Å². The lowest BCUT2D eigenvalue weighted by Crippen LogP contribution is -2.10. The van der Waals surface area contributed by atoms with Crippen LogP contribution in [-0.4, -0.2) is 20.9 Å². The van der Waals surface area contributed by atoms with Crippen LogP contribution in [0.25, 0.3) is 11.1 Å². The van der Waals surface area contributed by atoms with Gasteiger partial charge in [0.2, 0.25) is 0 Å². The Balaban J connectivity index is 1.67. The van der Waals surface area contributed by atoms with Crippen molar-refractivity contribution in [1.29, 1.82) is 0 Å². The van der Waals surface area contributed by atoms with Crippen molar-refractivity contribution in [3.05, 3.63) is 120 Å². The summed E-state index contributed by atoms with van der Waals surface area (Å²) in [4.78, 5) is 8.46. The van der Waals surface area contributed by atoms with Gasteiger partial charge in [0.05, 0.1) is 5.71 Å². The molecule has 0 radical (unpaired) electrons. The monoisotopic (exact) mass is 393 g/mol. The second-order valence-corrected chi connectivity index (χ2v) is 7.26. The molecule has 1 unspecified atom stereocenters. The number of benzene rings is 2. The Bertz CT molecular complexity index is 1110. The third kappa shape index (κ3) is 4.44. The van der Waals surface area contributed by atoms with Crippen LogP contribution in [0.1, 0.15) is 34.7 Å². The maximum absolute atomic E-state index is 9.70. The minimum atomic E-state index is 0.0652. The summed E-state index contributed by atoms with van der Waals surface area (Å²) in [5, 5.41) is 13.3. The lowest BCUT2D eigenvalue weighted by atomic mass is 9.85. The van der Waals surface area contributed by atoms with E-state index in [0.717, 1.165) is 22.4 Å². The van der Waals surface area contributed by atoms with E-state index in [1.54, 1.807) is 12.4 Å². The zero-order valence-electron chi connectivity index (χ0n) is 16.8. The van der Waals surface area contributed by atoms with Gasteiger partial charge < -0.3 is 5.21 Å². The van der Waals surface area contributed by atoms with Gasteiger partial charge in [-0.2, -0.15) is 0 Å². The molecule has 2 heterocycles. The van der Waals surface area contributed by atoms with Gasteiger partial charge in [-0.05, 0) is 41.8 Å². The Morgan fingerprint density at radius 3 is 2.13 bits per heavy atom. The van der Waals surface area contributed by atoms with Crippen LogP contribution in [0.4, 0.5) is 0 Å². The highest BCUT2D eigenvalue weighted by Gasteiger charge is 2.19. The first kappa shape index (κ1) is 19.5. The van der Waals surface area contributed by atoms with Crippen molar-refractivity contribution in [2.75, 3.05) is 0 Å². The molecule has 0 amide bonds. The van der Waals surface area contributed by atoms with Crippen molar-refractivity contribution in [1.82, 2.24) is 9.97 Å². The summed E-state index contributed by atoms with van der Waals surface area (Å²) in [6, 6.07) is 26.7. The highest BCUT2D eigenvalue weighted by atomic mass is 16.4. The van der Waals surface area contributed by atoms with E-state index in [4.69, 9.17) is 0 Å². The van der Waals surface area contributed by atoms with E-state index in [9.17, 15) is 5.21 Å². The largest absolute Gasteiger partial charge is 0.411 e. The molecule has 30 heavy (non-hydrogen) atoms. The third-order valence-electron chi connectivity index (χ3n) is 5.29. The Morgan fingerprint density at radius 1 is 0.833 bits per heavy atom. The smallest absolute Gasteiger partial charge is 0.0878 e. The molecule has 4 aromatic rings. The zero-order valence-corrected chi connectivity index (χ0v) is 16.8. The highest BCUT2D eigenvalue weighted by molar-refractivity contribution is 6.00. The van der Waals surface area contributed by atoms with Gasteiger partial charge in [0.25, 0.3) is 0 Å². The fourth-order valence-electron chi connectivity index (χ4n) is 3.61. The first-order valence-corrected chi connectivity index (χ1v) is 9.94. The summed E-state index contributed by atoms with van der Waals surface area (Å²) in [6.07, 6.45) is 5.90. The quantitative estimate of drug-likeness (QED) is 0.254. The van der Waals surface area contributed by atoms with Crippen LogP contribution in [0, 0.1) is 6.92 Å². The van der Waals surface area contributed by atoms with Gasteiger partial charge >= 0.3 is 0 Å². The van der Waals surface area contributed by atoms with E-state index in [1.165, 1.54) is 11.1 Å². The van der Waals surface area contributed by atoms with Crippen LogP contribution in [0.5, 0.6) is 0 Å². The van der Waals surface area contributed by atoms with Gasteiger partial charge in [0.15, 0.2) is 0 Å². The van der Waals surface area contributed by atoms with Crippen molar-refractivity contribution >= 4 is 5.71 Å². The number of pyridine rings is 2. The molecule has 1 N–H and O–H groups in total. The molecule has 148 valence electrons. The predicted molar refractivity (Wildman–Crippen MR) is 120 cm³/mol. The van der Waals surface area contributed by atoms with Crippen molar-refractivity contribution in [3.8, 4) is 11.1 Å². The number of rotatable bonds is 6. The summed E-state index contributed by atoms with van der Waals surface area (Å²) in [5.74, 6) is 0.0652. The first-order chi connectivity index (χ1) is 14.7. The molecular formula is C26H23N3O. The zero-order chi connectivity index (χ0) is 20.8. The molecule has 0 aliphatic carbocycles. The van der Waals surface area contributed by atoms with E-state index >= 15 is 0 Å². The molecule has 0 saturated heterocycles. The Hall–Kier alpha value is -3.79. The molecule has 2 aromatic carbocycles. The van der Waals surface area contributed by atoms with Crippen LogP contribution in [0.15, 0.2) is 103 Å². The number of hydrogen-bond donors (Lipinski definition) is 1. The maximum Gasteiger partial charge on any atom is 0.0878 e. The van der Waals surface area contributed by atoms with Gasteiger partial charge in [-0.3, -0.25) is 9.97 Å².